The molecule has 2 bridgehead atoms. The summed E-state index contributed by atoms with van der Waals surface area (Å²) in [6.07, 6.45) is 1.64. The van der Waals surface area contributed by atoms with Crippen molar-refractivity contribution in [2.75, 3.05) is 5.32 Å². The number of nitrogens with one attached hydrogen (secondary N) is 1. The lowest BCUT2D eigenvalue weighted by Gasteiger charge is -2.39. The average molecular weight is 428 g/mol. The number of carbonyl (C=O) groups is 2. The van der Waals surface area contributed by atoms with E-state index in [9.17, 15) is 9.59 Å². The lowest BCUT2D eigenvalue weighted by Crippen LogP contribution is -2.48. The van der Waals surface area contributed by atoms with Gasteiger partial charge in [-0.3, -0.25) is 9.59 Å². The second-order valence-electron chi connectivity index (χ2n) is 10.3. The first-order valence-electron chi connectivity index (χ1n) is 11.2. The van der Waals surface area contributed by atoms with Crippen LogP contribution in [-0.4, -0.2) is 21.7 Å². The van der Waals surface area contributed by atoms with Crippen molar-refractivity contribution in [1.29, 1.82) is 0 Å². The van der Waals surface area contributed by atoms with Crippen molar-refractivity contribution >= 4 is 28.4 Å². The summed E-state index contributed by atoms with van der Waals surface area (Å²) in [5.41, 5.74) is 5.89. The Balaban J connectivity index is 1.65. The van der Waals surface area contributed by atoms with E-state index in [2.05, 4.69) is 52.1 Å². The van der Waals surface area contributed by atoms with E-state index in [0.717, 1.165) is 35.3 Å². The molecule has 32 heavy (non-hydrogen) atoms. The average Bonchev–Trinajstić information content (AvgIpc) is 3.03. The molecule has 5 rings (SSSR count). The zero-order chi connectivity index (χ0) is 23.1. The molecular weight excluding hydrogens is 398 g/mol. The van der Waals surface area contributed by atoms with Gasteiger partial charge in [0.1, 0.15) is 0 Å². The zero-order valence-electron chi connectivity index (χ0n) is 19.6. The Morgan fingerprint density at radius 1 is 0.875 bits per heavy atom. The Bertz CT molecular complexity index is 1310. The summed E-state index contributed by atoms with van der Waals surface area (Å²) >= 11 is 0. The molecule has 5 heteroatoms. The topological polar surface area (TPSA) is 72.0 Å². The van der Waals surface area contributed by atoms with Gasteiger partial charge >= 0.3 is 0 Å². The van der Waals surface area contributed by atoms with E-state index in [4.69, 9.17) is 9.97 Å². The molecule has 1 aromatic heterocycles. The molecule has 0 saturated heterocycles. The summed E-state index contributed by atoms with van der Waals surface area (Å²) in [7, 11) is 0. The molecule has 0 spiro atoms. The van der Waals surface area contributed by atoms with Crippen LogP contribution in [0.25, 0.3) is 11.0 Å². The Morgan fingerprint density at radius 2 is 1.44 bits per heavy atom. The number of anilines is 1. The van der Waals surface area contributed by atoms with E-state index in [1.54, 1.807) is 24.3 Å². The van der Waals surface area contributed by atoms with Crippen molar-refractivity contribution in [3.05, 3.63) is 64.5 Å². The van der Waals surface area contributed by atoms with Crippen LogP contribution in [-0.2, 0) is 15.6 Å². The van der Waals surface area contributed by atoms with Crippen LogP contribution >= 0.6 is 0 Å². The minimum atomic E-state index is -0.754. The van der Waals surface area contributed by atoms with Crippen molar-refractivity contribution in [3.63, 3.8) is 0 Å². The molecule has 2 aliphatic carbocycles. The molecule has 1 N–H and O–H groups in total. The van der Waals surface area contributed by atoms with Crippen LogP contribution in [0, 0.1) is 19.3 Å². The number of hydrogen-bond donors (Lipinski definition) is 1. The number of fused-ring (bicyclic) bond motifs is 6. The molecule has 2 aromatic carbocycles. The molecule has 5 nitrogen and oxygen atoms in total. The maximum atomic E-state index is 13.9. The predicted octanol–water partition coefficient (Wildman–Crippen LogP) is 5.42. The largest absolute Gasteiger partial charge is 0.325 e. The molecule has 1 heterocycles. The highest BCUT2D eigenvalue weighted by molar-refractivity contribution is 6.02. The number of nitrogens with zero attached hydrogens (tertiary/aromatic N) is 2. The molecule has 0 aliphatic heterocycles. The van der Waals surface area contributed by atoms with Gasteiger partial charge < -0.3 is 5.32 Å². The summed E-state index contributed by atoms with van der Waals surface area (Å²) in [5.74, 6) is -0.0374. The van der Waals surface area contributed by atoms with Crippen LogP contribution in [0.15, 0.2) is 36.4 Å². The van der Waals surface area contributed by atoms with Crippen molar-refractivity contribution in [1.82, 2.24) is 9.97 Å². The normalized spacial score (nSPS) is 25.1. The number of benzene rings is 2. The fourth-order valence-corrected chi connectivity index (χ4v) is 5.89. The number of hydrogen-bond acceptors (Lipinski definition) is 4. The number of aryl methyl sites for hydroxylation is 2. The molecule has 2 unspecified atom stereocenters. The Kier molecular flexibility index (Phi) is 4.21. The third kappa shape index (κ3) is 2.45. The van der Waals surface area contributed by atoms with Crippen LogP contribution in [0.2, 0.25) is 0 Å². The highest BCUT2D eigenvalue weighted by Gasteiger charge is 2.73. The van der Waals surface area contributed by atoms with E-state index >= 15 is 0 Å². The van der Waals surface area contributed by atoms with E-state index in [-0.39, 0.29) is 22.5 Å². The van der Waals surface area contributed by atoms with Crippen LogP contribution in [0.3, 0.4) is 0 Å². The number of Topliss-reactive ketones (excluding diaryl/α,β-unsaturated/α-hetero) is 1. The van der Waals surface area contributed by atoms with Crippen molar-refractivity contribution in [2.24, 2.45) is 5.41 Å². The van der Waals surface area contributed by atoms with E-state index in [1.807, 2.05) is 0 Å². The number of aromatic nitrogens is 2. The quantitative estimate of drug-likeness (QED) is 0.567. The minimum Gasteiger partial charge on any atom is -0.325 e. The van der Waals surface area contributed by atoms with Gasteiger partial charge in [0, 0.05) is 16.7 Å². The molecule has 1 saturated carbocycles. The highest BCUT2D eigenvalue weighted by Crippen LogP contribution is 2.70. The van der Waals surface area contributed by atoms with Gasteiger partial charge in [0.25, 0.3) is 0 Å². The fraction of sp³-hybridized carbons (Fsp3) is 0.407. The summed E-state index contributed by atoms with van der Waals surface area (Å²) in [6.45, 7) is 12.3. The molecule has 164 valence electrons. The standard InChI is InChI=1S/C27H29N3O2/c1-15-13-20-21(14-16(15)2)30-23-22(29-20)26(6)11-12-27(23,25(26,4)5)24(32)28-19-9-7-18(8-10-19)17(3)31/h7-10,13-14H,11-12H2,1-6H3,(H,28,32). The summed E-state index contributed by atoms with van der Waals surface area (Å²) in [6, 6.07) is 11.3. The number of carbonyl (C=O) groups excluding carboxylic acids is 2. The van der Waals surface area contributed by atoms with E-state index < -0.39 is 5.41 Å². The molecule has 0 radical (unpaired) electrons. The van der Waals surface area contributed by atoms with Gasteiger partial charge in [-0.15, -0.1) is 0 Å². The van der Waals surface area contributed by atoms with Gasteiger partial charge in [-0.25, -0.2) is 9.97 Å². The third-order valence-electron chi connectivity index (χ3n) is 8.59. The summed E-state index contributed by atoms with van der Waals surface area (Å²) < 4.78 is 0. The first kappa shape index (κ1) is 20.8. The highest BCUT2D eigenvalue weighted by atomic mass is 16.2. The molecule has 1 amide bonds. The molecule has 3 aromatic rings. The van der Waals surface area contributed by atoms with E-state index in [1.165, 1.54) is 18.1 Å². The Labute approximate surface area is 188 Å². The molecule has 2 atom stereocenters. The second kappa shape index (κ2) is 6.47. The monoisotopic (exact) mass is 427 g/mol. The first-order valence-corrected chi connectivity index (χ1v) is 11.2. The van der Waals surface area contributed by atoms with Crippen LogP contribution < -0.4 is 5.32 Å². The molecule has 1 fully saturated rings. The van der Waals surface area contributed by atoms with Crippen molar-refractivity contribution < 1.29 is 9.59 Å². The van der Waals surface area contributed by atoms with Crippen LogP contribution in [0.4, 0.5) is 5.69 Å². The first-order chi connectivity index (χ1) is 15.0. The van der Waals surface area contributed by atoms with Gasteiger partial charge in [-0.05, 0) is 86.6 Å². The maximum Gasteiger partial charge on any atom is 0.237 e. The van der Waals surface area contributed by atoms with Crippen LogP contribution in [0.5, 0.6) is 0 Å². The third-order valence-corrected chi connectivity index (χ3v) is 8.59. The van der Waals surface area contributed by atoms with Crippen molar-refractivity contribution in [3.8, 4) is 0 Å². The van der Waals surface area contributed by atoms with Gasteiger partial charge in [0.2, 0.25) is 5.91 Å². The Morgan fingerprint density at radius 3 is 2.00 bits per heavy atom. The van der Waals surface area contributed by atoms with Gasteiger partial charge in [-0.1, -0.05) is 20.8 Å². The number of rotatable bonds is 3. The number of ketones is 1. The lowest BCUT2D eigenvalue weighted by molar-refractivity contribution is -0.125. The lowest BCUT2D eigenvalue weighted by atomic mass is 9.63. The Hall–Kier alpha value is -3.08. The van der Waals surface area contributed by atoms with Crippen LogP contribution in [0.1, 0.15) is 73.4 Å². The summed E-state index contributed by atoms with van der Waals surface area (Å²) in [4.78, 5) is 35.7. The molecule has 2 aliphatic rings. The smallest absolute Gasteiger partial charge is 0.237 e. The second-order valence-corrected chi connectivity index (χ2v) is 10.3. The van der Waals surface area contributed by atoms with Crippen molar-refractivity contribution in [2.45, 2.75) is 65.2 Å². The minimum absolute atomic E-state index is 0.00608. The zero-order valence-corrected chi connectivity index (χ0v) is 19.6. The SMILES string of the molecule is CC(=O)c1ccc(NC(=O)C23CCC(C)(c4nc5cc(C)c(C)cc5nc42)C3(C)C)cc1. The van der Waals surface area contributed by atoms with E-state index in [0.29, 0.717) is 11.3 Å². The predicted molar refractivity (Wildman–Crippen MR) is 126 cm³/mol. The van der Waals surface area contributed by atoms with Gasteiger partial charge in [-0.2, -0.15) is 0 Å². The molecular formula is C27H29N3O2. The van der Waals surface area contributed by atoms with Gasteiger partial charge in [0.15, 0.2) is 5.78 Å². The summed E-state index contributed by atoms with van der Waals surface area (Å²) in [5, 5.41) is 3.13. The fourth-order valence-electron chi connectivity index (χ4n) is 5.89. The number of amides is 1. The maximum absolute atomic E-state index is 13.9. The van der Waals surface area contributed by atoms with Gasteiger partial charge in [0.05, 0.1) is 27.8 Å².